The van der Waals surface area contributed by atoms with Crippen LogP contribution in [0.3, 0.4) is 0 Å². The summed E-state index contributed by atoms with van der Waals surface area (Å²) in [5.74, 6) is -1.10. The first-order valence-corrected chi connectivity index (χ1v) is 5.79. The second-order valence-corrected chi connectivity index (χ2v) is 4.50. The van der Waals surface area contributed by atoms with E-state index in [9.17, 15) is 13.2 Å². The minimum Gasteiger partial charge on any atom is -0.480 e. The summed E-state index contributed by atoms with van der Waals surface area (Å²) in [5.41, 5.74) is 0. The van der Waals surface area contributed by atoms with Crippen LogP contribution < -0.4 is 4.72 Å². The number of rotatable bonds is 7. The number of aromatic amines is 1. The highest BCUT2D eigenvalue weighted by molar-refractivity contribution is 7.89. The molecule has 90 valence electrons. The van der Waals surface area contributed by atoms with Crippen molar-refractivity contribution in [3.8, 4) is 0 Å². The highest BCUT2D eigenvalue weighted by Crippen LogP contribution is 2.00. The largest absolute Gasteiger partial charge is 0.480 e. The summed E-state index contributed by atoms with van der Waals surface area (Å²) < 4.78 is 29.7. The van der Waals surface area contributed by atoms with Gasteiger partial charge in [-0.2, -0.15) is 5.10 Å². The predicted molar refractivity (Wildman–Crippen MR) is 52.2 cm³/mol. The SMILES string of the molecule is O=C(O)COCCNS(=O)(=O)c1ccn[nH]1. The molecule has 1 heterocycles. The van der Waals surface area contributed by atoms with Crippen molar-refractivity contribution in [2.75, 3.05) is 19.8 Å². The van der Waals surface area contributed by atoms with Gasteiger partial charge in [0.15, 0.2) is 5.03 Å². The molecule has 0 saturated heterocycles. The maximum Gasteiger partial charge on any atom is 0.329 e. The van der Waals surface area contributed by atoms with Crippen LogP contribution in [0.25, 0.3) is 0 Å². The van der Waals surface area contributed by atoms with E-state index in [2.05, 4.69) is 19.7 Å². The molecular weight excluding hydrogens is 238 g/mol. The number of sulfonamides is 1. The number of hydrogen-bond donors (Lipinski definition) is 3. The topological polar surface area (TPSA) is 121 Å². The van der Waals surface area contributed by atoms with Crippen LogP contribution in [0, 0.1) is 0 Å². The average molecular weight is 249 g/mol. The van der Waals surface area contributed by atoms with E-state index < -0.39 is 22.6 Å². The maximum absolute atomic E-state index is 11.4. The van der Waals surface area contributed by atoms with Crippen molar-refractivity contribution in [1.82, 2.24) is 14.9 Å². The number of carbonyl (C=O) groups is 1. The third-order valence-corrected chi connectivity index (χ3v) is 2.92. The first kappa shape index (κ1) is 12.6. The zero-order chi connectivity index (χ0) is 12.0. The lowest BCUT2D eigenvalue weighted by molar-refractivity contribution is -0.142. The minimum absolute atomic E-state index is 0.00532. The van der Waals surface area contributed by atoms with Gasteiger partial charge >= 0.3 is 5.97 Å². The second-order valence-electron chi connectivity index (χ2n) is 2.76. The van der Waals surface area contributed by atoms with Gasteiger partial charge in [-0.25, -0.2) is 17.9 Å². The summed E-state index contributed by atoms with van der Waals surface area (Å²) in [6, 6.07) is 1.31. The molecule has 0 bridgehead atoms. The summed E-state index contributed by atoms with van der Waals surface area (Å²) >= 11 is 0. The molecule has 0 unspecified atom stereocenters. The van der Waals surface area contributed by atoms with E-state index in [0.717, 1.165) is 0 Å². The first-order chi connectivity index (χ1) is 7.52. The Morgan fingerprint density at radius 1 is 1.62 bits per heavy atom. The monoisotopic (exact) mass is 249 g/mol. The van der Waals surface area contributed by atoms with Crippen LogP contribution in [0.5, 0.6) is 0 Å². The number of nitrogens with zero attached hydrogens (tertiary/aromatic N) is 1. The molecule has 1 aromatic rings. The Morgan fingerprint density at radius 3 is 2.94 bits per heavy atom. The molecule has 1 rings (SSSR count). The molecule has 0 fully saturated rings. The first-order valence-electron chi connectivity index (χ1n) is 4.31. The zero-order valence-corrected chi connectivity index (χ0v) is 9.03. The van der Waals surface area contributed by atoms with E-state index in [1.165, 1.54) is 12.3 Å². The predicted octanol–water partition coefficient (Wildman–Crippen LogP) is -1.21. The lowest BCUT2D eigenvalue weighted by Gasteiger charge is -2.04. The van der Waals surface area contributed by atoms with Gasteiger partial charge in [0.1, 0.15) is 6.61 Å². The van der Waals surface area contributed by atoms with Gasteiger partial charge < -0.3 is 9.84 Å². The normalized spacial score (nSPS) is 11.5. The van der Waals surface area contributed by atoms with Gasteiger partial charge in [-0.15, -0.1) is 0 Å². The maximum atomic E-state index is 11.4. The summed E-state index contributed by atoms with van der Waals surface area (Å²) in [7, 11) is -3.61. The van der Waals surface area contributed by atoms with Crippen molar-refractivity contribution < 1.29 is 23.1 Å². The van der Waals surface area contributed by atoms with Gasteiger partial charge in [0.25, 0.3) is 10.0 Å². The Kier molecular flexibility index (Phi) is 4.40. The molecule has 0 amide bonds. The Labute approximate surface area is 91.7 Å². The summed E-state index contributed by atoms with van der Waals surface area (Å²) in [6.07, 6.45) is 1.31. The second kappa shape index (κ2) is 5.58. The van der Waals surface area contributed by atoms with Crippen LogP contribution in [0.2, 0.25) is 0 Å². The van der Waals surface area contributed by atoms with Gasteiger partial charge in [-0.3, -0.25) is 5.10 Å². The van der Waals surface area contributed by atoms with Crippen molar-refractivity contribution in [2.45, 2.75) is 5.03 Å². The summed E-state index contributed by atoms with van der Waals surface area (Å²) in [6.45, 7) is -0.472. The molecule has 1 aromatic heterocycles. The zero-order valence-electron chi connectivity index (χ0n) is 8.21. The van der Waals surface area contributed by atoms with E-state index in [-0.39, 0.29) is 18.2 Å². The Bertz CT molecular complexity index is 427. The minimum atomic E-state index is -3.61. The molecule has 0 spiro atoms. The number of aliphatic carboxylic acids is 1. The molecule has 0 aliphatic carbocycles. The highest BCUT2D eigenvalue weighted by Gasteiger charge is 2.14. The van der Waals surface area contributed by atoms with Gasteiger partial charge in [0.2, 0.25) is 0 Å². The number of carboxylic acids is 1. The highest BCUT2D eigenvalue weighted by atomic mass is 32.2. The number of H-pyrrole nitrogens is 1. The number of carboxylic acid groups (broad SMARTS) is 1. The summed E-state index contributed by atoms with van der Waals surface area (Å²) in [5, 5.41) is 14.0. The van der Waals surface area contributed by atoms with E-state index >= 15 is 0 Å². The molecule has 0 aliphatic heterocycles. The number of ether oxygens (including phenoxy) is 1. The van der Waals surface area contributed by atoms with Crippen LogP contribution in [-0.2, 0) is 19.6 Å². The van der Waals surface area contributed by atoms with Crippen LogP contribution >= 0.6 is 0 Å². The molecule has 8 nitrogen and oxygen atoms in total. The third-order valence-electron chi connectivity index (χ3n) is 1.53. The van der Waals surface area contributed by atoms with Crippen LogP contribution in [0.1, 0.15) is 0 Å². The Morgan fingerprint density at radius 2 is 2.38 bits per heavy atom. The standard InChI is InChI=1S/C7H11N3O5S/c11-7(12)5-15-4-3-9-16(13,14)6-1-2-8-10-6/h1-2,9H,3-5H2,(H,8,10)(H,11,12). The molecule has 9 heteroatoms. The quantitative estimate of drug-likeness (QED) is 0.521. The number of hydrogen-bond acceptors (Lipinski definition) is 5. The van der Waals surface area contributed by atoms with Crippen molar-refractivity contribution in [3.05, 3.63) is 12.3 Å². The van der Waals surface area contributed by atoms with Crippen LogP contribution in [-0.4, -0.2) is 49.4 Å². The molecule has 0 atom stereocenters. The van der Waals surface area contributed by atoms with Crippen molar-refractivity contribution in [3.63, 3.8) is 0 Å². The van der Waals surface area contributed by atoms with E-state index in [1.54, 1.807) is 0 Å². The Hall–Kier alpha value is -1.45. The smallest absolute Gasteiger partial charge is 0.329 e. The Balaban J connectivity index is 2.30. The van der Waals surface area contributed by atoms with E-state index in [1.807, 2.05) is 0 Å². The van der Waals surface area contributed by atoms with E-state index in [4.69, 9.17) is 5.11 Å². The molecule has 0 aliphatic rings. The van der Waals surface area contributed by atoms with Gasteiger partial charge in [0, 0.05) is 6.54 Å². The van der Waals surface area contributed by atoms with Crippen molar-refractivity contribution >= 4 is 16.0 Å². The molecule has 16 heavy (non-hydrogen) atoms. The lowest BCUT2D eigenvalue weighted by Crippen LogP contribution is -2.28. The van der Waals surface area contributed by atoms with Gasteiger partial charge in [-0.1, -0.05) is 0 Å². The van der Waals surface area contributed by atoms with Gasteiger partial charge in [-0.05, 0) is 6.07 Å². The molecule has 3 N–H and O–H groups in total. The number of nitrogens with one attached hydrogen (secondary N) is 2. The van der Waals surface area contributed by atoms with Crippen LogP contribution in [0.4, 0.5) is 0 Å². The van der Waals surface area contributed by atoms with E-state index in [0.29, 0.717) is 0 Å². The van der Waals surface area contributed by atoms with Crippen molar-refractivity contribution in [2.24, 2.45) is 0 Å². The molecule has 0 aromatic carbocycles. The fourth-order valence-electron chi connectivity index (χ4n) is 0.878. The fourth-order valence-corrected chi connectivity index (χ4v) is 1.80. The third kappa shape index (κ3) is 3.96. The number of aromatic nitrogens is 2. The van der Waals surface area contributed by atoms with Crippen LogP contribution in [0.15, 0.2) is 17.3 Å². The lowest BCUT2D eigenvalue weighted by atomic mass is 10.7. The molecule has 0 radical (unpaired) electrons. The molecule has 0 saturated carbocycles. The summed E-state index contributed by atoms with van der Waals surface area (Å²) in [4.78, 5) is 10.1. The fraction of sp³-hybridized carbons (Fsp3) is 0.429. The average Bonchev–Trinajstić information content (AvgIpc) is 2.69. The molecular formula is C7H11N3O5S. The van der Waals surface area contributed by atoms with Crippen molar-refractivity contribution in [1.29, 1.82) is 0 Å². The van der Waals surface area contributed by atoms with Gasteiger partial charge in [0.05, 0.1) is 12.8 Å².